The van der Waals surface area contributed by atoms with Gasteiger partial charge in [-0.15, -0.1) is 0 Å². The van der Waals surface area contributed by atoms with Crippen molar-refractivity contribution in [3.05, 3.63) is 89.7 Å². The summed E-state index contributed by atoms with van der Waals surface area (Å²) in [6, 6.07) is 23.1. The molecule has 2 aliphatic heterocycles. The quantitative estimate of drug-likeness (QED) is 0.544. The summed E-state index contributed by atoms with van der Waals surface area (Å²) in [4.78, 5) is 17.2. The molecule has 0 bridgehead atoms. The van der Waals surface area contributed by atoms with E-state index >= 15 is 0 Å². The average Bonchev–Trinajstić information content (AvgIpc) is 2.84. The molecule has 6 heteroatoms. The number of carbonyl (C=O) groups excluding carboxylic acids is 1. The zero-order chi connectivity index (χ0) is 24.4. The lowest BCUT2D eigenvalue weighted by molar-refractivity contribution is -0.0585. The topological polar surface area (TPSA) is 55.8 Å². The Morgan fingerprint density at radius 1 is 1.00 bits per heavy atom. The second kappa shape index (κ2) is 10.2. The predicted octanol–water partition coefficient (Wildman–Crippen LogP) is 5.26. The number of hydrogen-bond donors (Lipinski definition) is 2. The third kappa shape index (κ3) is 4.95. The molecule has 5 rings (SSSR count). The fourth-order valence-electron chi connectivity index (χ4n) is 5.54. The van der Waals surface area contributed by atoms with Gasteiger partial charge in [-0.25, -0.2) is 9.18 Å². The first kappa shape index (κ1) is 23.5. The number of halogens is 1. The minimum atomic E-state index is -0.374. The van der Waals surface area contributed by atoms with Crippen molar-refractivity contribution in [3.63, 3.8) is 0 Å². The molecule has 3 aromatic rings. The van der Waals surface area contributed by atoms with Gasteiger partial charge < -0.3 is 15.3 Å². The summed E-state index contributed by atoms with van der Waals surface area (Å²) >= 11 is 0. The number of carbonyl (C=O) groups is 1. The molecule has 0 saturated carbocycles. The molecule has 35 heavy (non-hydrogen) atoms. The monoisotopic (exact) mass is 473 g/mol. The summed E-state index contributed by atoms with van der Waals surface area (Å²) in [5.41, 5.74) is 5.23. The van der Waals surface area contributed by atoms with E-state index in [-0.39, 0.29) is 36.5 Å². The van der Waals surface area contributed by atoms with Gasteiger partial charge in [0.2, 0.25) is 0 Å². The van der Waals surface area contributed by atoms with Gasteiger partial charge in [-0.05, 0) is 61.2 Å². The number of aryl methyl sites for hydroxylation is 1. The number of nitrogens with one attached hydrogen (secondary N) is 1. The fraction of sp³-hybridized carbons (Fsp3) is 0.345. The predicted molar refractivity (Wildman–Crippen MR) is 137 cm³/mol. The molecule has 2 N–H and O–H groups in total. The van der Waals surface area contributed by atoms with Crippen LogP contribution in [0.3, 0.4) is 0 Å². The van der Waals surface area contributed by atoms with Gasteiger partial charge >= 0.3 is 6.03 Å². The third-order valence-corrected chi connectivity index (χ3v) is 7.41. The van der Waals surface area contributed by atoms with E-state index in [2.05, 4.69) is 65.7 Å². The number of fused-ring (bicyclic) bond motifs is 1. The van der Waals surface area contributed by atoms with Crippen LogP contribution < -0.4 is 5.32 Å². The Morgan fingerprint density at radius 3 is 2.37 bits per heavy atom. The largest absolute Gasteiger partial charge is 0.395 e. The van der Waals surface area contributed by atoms with E-state index in [1.165, 1.54) is 34.4 Å². The normalized spacial score (nSPS) is 22.5. The maximum atomic E-state index is 13.6. The summed E-state index contributed by atoms with van der Waals surface area (Å²) in [6.45, 7) is 4.33. The molecule has 3 aromatic carbocycles. The number of anilines is 1. The van der Waals surface area contributed by atoms with E-state index in [0.29, 0.717) is 18.8 Å². The van der Waals surface area contributed by atoms with Crippen LogP contribution in [0.25, 0.3) is 11.1 Å². The molecule has 3 atom stereocenters. The molecule has 182 valence electrons. The van der Waals surface area contributed by atoms with E-state index in [1.807, 2.05) is 4.90 Å². The van der Waals surface area contributed by atoms with Crippen LogP contribution in [0.4, 0.5) is 14.9 Å². The van der Waals surface area contributed by atoms with Gasteiger partial charge in [0.15, 0.2) is 0 Å². The lowest BCUT2D eigenvalue weighted by Gasteiger charge is -2.57. The second-order valence-corrected chi connectivity index (χ2v) is 9.66. The number of rotatable bonds is 4. The highest BCUT2D eigenvalue weighted by Crippen LogP contribution is 2.42. The molecule has 2 heterocycles. The third-order valence-electron chi connectivity index (χ3n) is 7.41. The van der Waals surface area contributed by atoms with E-state index in [9.17, 15) is 14.3 Å². The van der Waals surface area contributed by atoms with Crippen molar-refractivity contribution in [1.29, 1.82) is 0 Å². The maximum Gasteiger partial charge on any atom is 0.321 e. The molecule has 0 unspecified atom stereocenters. The summed E-state index contributed by atoms with van der Waals surface area (Å²) in [5, 5.41) is 13.1. The van der Waals surface area contributed by atoms with Crippen LogP contribution in [0.15, 0.2) is 72.8 Å². The molecule has 0 aromatic heterocycles. The van der Waals surface area contributed by atoms with Gasteiger partial charge in [0.05, 0.1) is 6.61 Å². The van der Waals surface area contributed by atoms with Crippen molar-refractivity contribution in [2.75, 3.05) is 31.6 Å². The van der Waals surface area contributed by atoms with Crippen LogP contribution in [-0.4, -0.2) is 59.3 Å². The van der Waals surface area contributed by atoms with Gasteiger partial charge in [0.25, 0.3) is 0 Å². The standard InChI is InChI=1S/C29H32FN3O2/c1-20-7-9-21(10-8-20)22-11-13-23(14-12-22)28-26-18-32(15-2-3-16-33(26)27(28)19-34)29(35)31-25-6-4-5-24(30)17-25/h4-14,17,26-28,34H,2-3,15-16,18-19H2,1H3,(H,31,35)/t26-,27+,28-/m0/s1. The highest BCUT2D eigenvalue weighted by Gasteiger charge is 2.49. The first-order chi connectivity index (χ1) is 17.0. The number of nitrogens with zero attached hydrogens (tertiary/aromatic N) is 2. The smallest absolute Gasteiger partial charge is 0.321 e. The zero-order valence-corrected chi connectivity index (χ0v) is 20.0. The Morgan fingerprint density at radius 2 is 1.69 bits per heavy atom. The van der Waals surface area contributed by atoms with Crippen molar-refractivity contribution in [2.24, 2.45) is 0 Å². The molecular formula is C29H32FN3O2. The Kier molecular flexibility index (Phi) is 6.84. The van der Waals surface area contributed by atoms with Crippen molar-refractivity contribution in [3.8, 4) is 11.1 Å². The van der Waals surface area contributed by atoms with E-state index in [0.717, 1.165) is 19.4 Å². The number of hydrogen-bond acceptors (Lipinski definition) is 3. The van der Waals surface area contributed by atoms with Crippen LogP contribution in [0.1, 0.15) is 29.9 Å². The minimum absolute atomic E-state index is 0.0523. The summed E-state index contributed by atoms with van der Waals surface area (Å²) in [7, 11) is 0. The van der Waals surface area contributed by atoms with E-state index in [1.54, 1.807) is 12.1 Å². The Bertz CT molecular complexity index is 1170. The van der Waals surface area contributed by atoms with Crippen LogP contribution in [0.2, 0.25) is 0 Å². The maximum absolute atomic E-state index is 13.6. The first-order valence-corrected chi connectivity index (χ1v) is 12.4. The van der Waals surface area contributed by atoms with Crippen molar-refractivity contribution in [1.82, 2.24) is 9.80 Å². The minimum Gasteiger partial charge on any atom is -0.395 e. The van der Waals surface area contributed by atoms with E-state index < -0.39 is 0 Å². The molecule has 2 amide bonds. The Balaban J connectivity index is 1.34. The van der Waals surface area contributed by atoms with Gasteiger partial charge in [-0.3, -0.25) is 4.90 Å². The van der Waals surface area contributed by atoms with Gasteiger partial charge in [-0.1, -0.05) is 60.2 Å². The number of aliphatic hydroxyl groups is 1. The van der Waals surface area contributed by atoms with Crippen molar-refractivity contribution in [2.45, 2.75) is 37.8 Å². The number of aliphatic hydroxyl groups excluding tert-OH is 1. The van der Waals surface area contributed by atoms with Gasteiger partial charge in [0.1, 0.15) is 5.82 Å². The van der Waals surface area contributed by atoms with E-state index in [4.69, 9.17) is 0 Å². The lowest BCUT2D eigenvalue weighted by atomic mass is 9.74. The van der Waals surface area contributed by atoms with Crippen LogP contribution in [0, 0.1) is 12.7 Å². The van der Waals surface area contributed by atoms with Crippen LogP contribution in [0.5, 0.6) is 0 Å². The summed E-state index contributed by atoms with van der Waals surface area (Å²) in [5.74, 6) is -0.227. The molecule has 0 radical (unpaired) electrons. The molecule has 2 saturated heterocycles. The van der Waals surface area contributed by atoms with Crippen molar-refractivity contribution < 1.29 is 14.3 Å². The summed E-state index contributed by atoms with van der Waals surface area (Å²) < 4.78 is 13.6. The average molecular weight is 474 g/mol. The second-order valence-electron chi connectivity index (χ2n) is 9.66. The fourth-order valence-corrected chi connectivity index (χ4v) is 5.54. The Labute approximate surface area is 206 Å². The number of urea groups is 1. The van der Waals surface area contributed by atoms with Gasteiger partial charge in [0, 0.05) is 36.8 Å². The van der Waals surface area contributed by atoms with Gasteiger partial charge in [-0.2, -0.15) is 0 Å². The number of benzene rings is 3. The highest BCUT2D eigenvalue weighted by atomic mass is 19.1. The SMILES string of the molecule is Cc1ccc(-c2ccc([C@@H]3[C@@H](CO)N4CCCCN(C(=O)Nc5cccc(F)c5)C[C@@H]34)cc2)cc1. The lowest BCUT2D eigenvalue weighted by Crippen LogP contribution is -2.68. The molecule has 0 aliphatic carbocycles. The summed E-state index contributed by atoms with van der Waals surface area (Å²) in [6.07, 6.45) is 1.86. The molecular weight excluding hydrogens is 441 g/mol. The van der Waals surface area contributed by atoms with Crippen molar-refractivity contribution >= 4 is 11.7 Å². The molecule has 2 fully saturated rings. The van der Waals surface area contributed by atoms with Crippen LogP contribution in [-0.2, 0) is 0 Å². The number of amides is 2. The Hall–Kier alpha value is -3.22. The molecule has 0 spiro atoms. The zero-order valence-electron chi connectivity index (χ0n) is 20.0. The molecule has 5 nitrogen and oxygen atoms in total. The van der Waals surface area contributed by atoms with Crippen LogP contribution >= 0.6 is 0 Å². The highest BCUT2D eigenvalue weighted by molar-refractivity contribution is 5.89. The first-order valence-electron chi connectivity index (χ1n) is 12.4. The molecule has 2 aliphatic rings.